The monoisotopic (exact) mass is 266 g/mol. The predicted molar refractivity (Wildman–Crippen MR) is 86.6 cm³/mol. The number of hydrogen-bond donors (Lipinski definition) is 2. The van der Waals surface area contributed by atoms with Crippen LogP contribution in [0.2, 0.25) is 0 Å². The molecule has 4 heteroatoms. The summed E-state index contributed by atoms with van der Waals surface area (Å²) in [5.41, 5.74) is 12.9. The van der Waals surface area contributed by atoms with Crippen LogP contribution >= 0.6 is 0 Å². The van der Waals surface area contributed by atoms with Gasteiger partial charge in [-0.1, -0.05) is 13.8 Å². The molecule has 0 saturated heterocycles. The van der Waals surface area contributed by atoms with E-state index in [-0.39, 0.29) is 0 Å². The molecular formula is C15H30N4. The molecule has 0 atom stereocenters. The van der Waals surface area contributed by atoms with Crippen molar-refractivity contribution in [2.75, 3.05) is 50.9 Å². The molecule has 110 valence electrons. The number of nitrogen functional groups attached to an aromatic ring is 1. The topological polar surface area (TPSA) is 58.5 Å². The molecule has 4 N–H and O–H groups in total. The lowest BCUT2D eigenvalue weighted by Gasteiger charge is -2.16. The Morgan fingerprint density at radius 2 is 1.53 bits per heavy atom. The van der Waals surface area contributed by atoms with Crippen LogP contribution in [0.25, 0.3) is 0 Å². The van der Waals surface area contributed by atoms with Crippen LogP contribution in [0.1, 0.15) is 20.3 Å². The summed E-state index contributed by atoms with van der Waals surface area (Å²) in [4.78, 5) is 4.42. The minimum atomic E-state index is 0.811. The van der Waals surface area contributed by atoms with E-state index in [9.17, 15) is 0 Å². The van der Waals surface area contributed by atoms with Crippen molar-refractivity contribution < 1.29 is 0 Å². The van der Waals surface area contributed by atoms with E-state index in [0.29, 0.717) is 0 Å². The van der Waals surface area contributed by atoms with Gasteiger partial charge in [0.2, 0.25) is 0 Å². The van der Waals surface area contributed by atoms with Crippen LogP contribution in [0, 0.1) is 0 Å². The standard InChI is InChI=1S/C8H12N2.C7H18N2/c1-10(2)8-5-3-7(9)4-6-8;1-3-9(4-2)7-5-6-8/h3-6H,9H2,1-2H3;3-8H2,1-2H3. The van der Waals surface area contributed by atoms with Crippen LogP contribution in [0.5, 0.6) is 0 Å². The summed E-state index contributed by atoms with van der Waals surface area (Å²) in [6, 6.07) is 7.79. The molecule has 1 rings (SSSR count). The van der Waals surface area contributed by atoms with Gasteiger partial charge in [-0.2, -0.15) is 0 Å². The molecule has 0 radical (unpaired) electrons. The molecule has 0 spiro atoms. The highest BCUT2D eigenvalue weighted by Crippen LogP contribution is 2.12. The molecular weight excluding hydrogens is 236 g/mol. The average molecular weight is 266 g/mol. The lowest BCUT2D eigenvalue weighted by atomic mass is 10.3. The molecule has 0 bridgehead atoms. The second-order valence-corrected chi connectivity index (χ2v) is 4.66. The van der Waals surface area contributed by atoms with Gasteiger partial charge < -0.3 is 21.3 Å². The van der Waals surface area contributed by atoms with Crippen LogP contribution in [0.15, 0.2) is 24.3 Å². The lowest BCUT2D eigenvalue weighted by molar-refractivity contribution is 0.302. The number of anilines is 2. The van der Waals surface area contributed by atoms with E-state index in [2.05, 4.69) is 18.7 Å². The fourth-order valence-corrected chi connectivity index (χ4v) is 1.63. The van der Waals surface area contributed by atoms with Gasteiger partial charge in [-0.15, -0.1) is 0 Å². The maximum Gasteiger partial charge on any atom is 0.0362 e. The maximum absolute atomic E-state index is 5.51. The Balaban J connectivity index is 0.000000344. The summed E-state index contributed by atoms with van der Waals surface area (Å²) >= 11 is 0. The molecule has 4 nitrogen and oxygen atoms in total. The third-order valence-corrected chi connectivity index (χ3v) is 2.98. The fourth-order valence-electron chi connectivity index (χ4n) is 1.63. The van der Waals surface area contributed by atoms with E-state index in [0.717, 1.165) is 38.3 Å². The summed E-state index contributed by atoms with van der Waals surface area (Å²) in [6.07, 6.45) is 1.13. The van der Waals surface area contributed by atoms with Gasteiger partial charge in [0.1, 0.15) is 0 Å². The Morgan fingerprint density at radius 1 is 1.00 bits per heavy atom. The molecule has 0 amide bonds. The van der Waals surface area contributed by atoms with E-state index < -0.39 is 0 Å². The summed E-state index contributed by atoms with van der Waals surface area (Å²) < 4.78 is 0. The summed E-state index contributed by atoms with van der Waals surface area (Å²) in [6.45, 7) is 8.63. The number of benzene rings is 1. The minimum Gasteiger partial charge on any atom is -0.399 e. The molecule has 1 aromatic carbocycles. The molecule has 0 unspecified atom stereocenters. The first kappa shape index (κ1) is 17.7. The van der Waals surface area contributed by atoms with E-state index in [1.807, 2.05) is 43.3 Å². The molecule has 0 aromatic heterocycles. The van der Waals surface area contributed by atoms with Gasteiger partial charge in [0.15, 0.2) is 0 Å². The minimum absolute atomic E-state index is 0.811. The number of rotatable bonds is 6. The van der Waals surface area contributed by atoms with Crippen molar-refractivity contribution >= 4 is 11.4 Å². The first-order valence-electron chi connectivity index (χ1n) is 7.00. The number of nitrogens with zero attached hydrogens (tertiary/aromatic N) is 2. The lowest BCUT2D eigenvalue weighted by Crippen LogP contribution is -2.25. The van der Waals surface area contributed by atoms with Crippen molar-refractivity contribution in [1.82, 2.24) is 4.90 Å². The zero-order valence-electron chi connectivity index (χ0n) is 12.9. The second kappa shape index (κ2) is 10.6. The normalized spacial score (nSPS) is 10.0. The van der Waals surface area contributed by atoms with Crippen molar-refractivity contribution in [2.24, 2.45) is 5.73 Å². The average Bonchev–Trinajstić information content (AvgIpc) is 2.41. The molecule has 0 heterocycles. The van der Waals surface area contributed by atoms with Gasteiger partial charge in [0, 0.05) is 25.5 Å². The number of hydrogen-bond acceptors (Lipinski definition) is 4. The summed E-state index contributed by atoms with van der Waals surface area (Å²) in [5, 5.41) is 0. The van der Waals surface area contributed by atoms with Gasteiger partial charge in [0.05, 0.1) is 0 Å². The Morgan fingerprint density at radius 3 is 1.89 bits per heavy atom. The smallest absolute Gasteiger partial charge is 0.0362 e. The van der Waals surface area contributed by atoms with E-state index in [1.165, 1.54) is 5.69 Å². The third kappa shape index (κ3) is 8.46. The molecule has 0 aliphatic rings. The first-order chi connectivity index (χ1) is 9.04. The fraction of sp³-hybridized carbons (Fsp3) is 0.600. The summed E-state index contributed by atoms with van der Waals surface area (Å²) in [5.74, 6) is 0. The van der Waals surface area contributed by atoms with Crippen molar-refractivity contribution in [1.29, 1.82) is 0 Å². The quantitative estimate of drug-likeness (QED) is 0.773. The summed E-state index contributed by atoms with van der Waals surface area (Å²) in [7, 11) is 4.01. The van der Waals surface area contributed by atoms with E-state index in [1.54, 1.807) is 0 Å². The second-order valence-electron chi connectivity index (χ2n) is 4.66. The maximum atomic E-state index is 5.51. The molecule has 0 aliphatic heterocycles. The first-order valence-corrected chi connectivity index (χ1v) is 7.00. The van der Waals surface area contributed by atoms with Crippen molar-refractivity contribution in [3.63, 3.8) is 0 Å². The molecule has 1 aromatic rings. The van der Waals surface area contributed by atoms with Gasteiger partial charge in [-0.3, -0.25) is 0 Å². The Labute approximate surface area is 118 Å². The van der Waals surface area contributed by atoms with Crippen molar-refractivity contribution in [3.05, 3.63) is 24.3 Å². The molecule has 0 saturated carbocycles. The highest BCUT2D eigenvalue weighted by Gasteiger charge is 1.94. The van der Waals surface area contributed by atoms with Crippen LogP contribution < -0.4 is 16.4 Å². The van der Waals surface area contributed by atoms with Gasteiger partial charge in [0.25, 0.3) is 0 Å². The molecule has 19 heavy (non-hydrogen) atoms. The van der Waals surface area contributed by atoms with Crippen molar-refractivity contribution in [2.45, 2.75) is 20.3 Å². The van der Waals surface area contributed by atoms with Crippen LogP contribution in [0.3, 0.4) is 0 Å². The van der Waals surface area contributed by atoms with Gasteiger partial charge in [-0.25, -0.2) is 0 Å². The Kier molecular flexibility index (Phi) is 9.94. The van der Waals surface area contributed by atoms with Crippen LogP contribution in [-0.4, -0.2) is 45.2 Å². The van der Waals surface area contributed by atoms with Gasteiger partial charge >= 0.3 is 0 Å². The van der Waals surface area contributed by atoms with E-state index >= 15 is 0 Å². The highest BCUT2D eigenvalue weighted by atomic mass is 15.1. The molecule has 0 fully saturated rings. The van der Waals surface area contributed by atoms with Crippen LogP contribution in [0.4, 0.5) is 11.4 Å². The zero-order chi connectivity index (χ0) is 14.7. The SMILES string of the molecule is CCN(CC)CCCN.CN(C)c1ccc(N)cc1. The predicted octanol–water partition coefficient (Wildman–Crippen LogP) is 2.01. The zero-order valence-corrected chi connectivity index (χ0v) is 12.9. The highest BCUT2D eigenvalue weighted by molar-refractivity contribution is 5.51. The Hall–Kier alpha value is -1.26. The molecule has 0 aliphatic carbocycles. The Bertz CT molecular complexity index is 304. The van der Waals surface area contributed by atoms with E-state index in [4.69, 9.17) is 11.5 Å². The number of nitrogens with two attached hydrogens (primary N) is 2. The van der Waals surface area contributed by atoms with Crippen LogP contribution in [-0.2, 0) is 0 Å². The van der Waals surface area contributed by atoms with Gasteiger partial charge in [-0.05, 0) is 56.9 Å². The largest absolute Gasteiger partial charge is 0.399 e. The van der Waals surface area contributed by atoms with Crippen molar-refractivity contribution in [3.8, 4) is 0 Å². The third-order valence-electron chi connectivity index (χ3n) is 2.98.